The summed E-state index contributed by atoms with van der Waals surface area (Å²) >= 11 is 0. The minimum absolute atomic E-state index is 0.793. The van der Waals surface area contributed by atoms with E-state index in [0.29, 0.717) is 0 Å². The maximum absolute atomic E-state index is 13.3. The number of hydrogen-bond donors (Lipinski definition) is 20. The molecule has 0 bridgehead atoms. The molecule has 81 heavy (non-hydrogen) atoms. The van der Waals surface area contributed by atoms with Crippen molar-refractivity contribution < 1.29 is 163 Å². The van der Waals surface area contributed by atoms with Crippen LogP contribution in [0, 0.1) is 0 Å². The minimum atomic E-state index is -2.30. The van der Waals surface area contributed by atoms with Crippen LogP contribution in [0.5, 0.6) is 0 Å². The Balaban J connectivity index is 1.24. The molecule has 2 amide bonds. The Bertz CT molecular complexity index is 2010. The zero-order chi connectivity index (χ0) is 59.8. The average Bonchev–Trinajstić information content (AvgIpc) is 3.45. The van der Waals surface area contributed by atoms with Crippen molar-refractivity contribution in [1.29, 1.82) is 0 Å². The third-order valence-electron chi connectivity index (χ3n) is 15.2. The molecule has 470 valence electrons. The fourth-order valence-corrected chi connectivity index (χ4v) is 10.6. The van der Waals surface area contributed by atoms with Gasteiger partial charge in [0.1, 0.15) is 152 Å². The molecule has 35 unspecified atom stereocenters. The van der Waals surface area contributed by atoms with Gasteiger partial charge < -0.3 is 164 Å². The van der Waals surface area contributed by atoms with Crippen LogP contribution in [0.2, 0.25) is 0 Å². The Morgan fingerprint density at radius 2 is 0.654 bits per heavy atom. The van der Waals surface area contributed by atoms with E-state index in [1.807, 2.05) is 0 Å². The molecule has 0 aromatic heterocycles. The van der Waals surface area contributed by atoms with Crippen LogP contribution < -0.4 is 10.6 Å². The number of rotatable bonds is 18. The molecule has 7 rings (SSSR count). The molecule has 20 N–H and O–H groups in total. The van der Waals surface area contributed by atoms with Gasteiger partial charge in [0, 0.05) is 13.8 Å². The van der Waals surface area contributed by atoms with E-state index in [1.54, 1.807) is 0 Å². The molecule has 7 aliphatic heterocycles. The fraction of sp³-hybridized carbons (Fsp3) is 0.957. The summed E-state index contributed by atoms with van der Waals surface area (Å²) < 4.78 is 77.2. The standard InChI is InChI=1S/C46H78N2O33/c1-10-21(55)26(60)30(64)42(69-10)78-36-19(47-13(4)53)40(68)72-17(8-51)34(36)76-45-33(67)38(25(59)16(7-50)73-45)80-41-20(48-14(5)54)37(79-43-31(65)27(61)22(56)11(2)70-43)35(18(9-52)75-41)77-46-39(29(63)24(58)15(6-49)74-46)81-44-32(66)28(62)23(57)12(3)71-44/h10-12,15-46,49-52,55-68H,6-9H2,1-5H3,(H,47,53)(H,48,54). The minimum Gasteiger partial charge on any atom is -0.394 e. The van der Waals surface area contributed by atoms with Gasteiger partial charge in [-0.2, -0.15) is 0 Å². The lowest BCUT2D eigenvalue weighted by Crippen LogP contribution is -2.72. The van der Waals surface area contributed by atoms with E-state index < -0.39 is 253 Å². The Labute approximate surface area is 460 Å². The van der Waals surface area contributed by atoms with Crippen molar-refractivity contribution in [3.8, 4) is 0 Å². The molecule has 35 atom stereocenters. The van der Waals surface area contributed by atoms with E-state index in [-0.39, 0.29) is 0 Å². The lowest BCUT2D eigenvalue weighted by Gasteiger charge is -2.52. The second-order valence-corrected chi connectivity index (χ2v) is 21.0. The van der Waals surface area contributed by atoms with E-state index in [0.717, 1.165) is 13.8 Å². The number of aliphatic hydroxyl groups excluding tert-OH is 18. The lowest BCUT2D eigenvalue weighted by atomic mass is 9.93. The number of ether oxygens (including phenoxy) is 13. The third kappa shape index (κ3) is 14.1. The number of nitrogens with one attached hydrogen (secondary N) is 2. The zero-order valence-corrected chi connectivity index (χ0v) is 44.2. The van der Waals surface area contributed by atoms with Gasteiger partial charge in [-0.1, -0.05) is 0 Å². The summed E-state index contributed by atoms with van der Waals surface area (Å²) in [7, 11) is 0. The van der Waals surface area contributed by atoms with Gasteiger partial charge in [0.25, 0.3) is 0 Å². The van der Waals surface area contributed by atoms with Crippen molar-refractivity contribution in [3.63, 3.8) is 0 Å². The summed E-state index contributed by atoms with van der Waals surface area (Å²) in [5.41, 5.74) is 0. The van der Waals surface area contributed by atoms with Crippen LogP contribution >= 0.6 is 0 Å². The molecule has 0 aromatic carbocycles. The second-order valence-electron chi connectivity index (χ2n) is 21.0. The maximum Gasteiger partial charge on any atom is 0.217 e. The van der Waals surface area contributed by atoms with Gasteiger partial charge in [-0.15, -0.1) is 0 Å². The Kier molecular flexibility index (Phi) is 22.9. The van der Waals surface area contributed by atoms with Crippen LogP contribution in [0.15, 0.2) is 0 Å². The molecule has 35 heteroatoms. The molecule has 7 heterocycles. The smallest absolute Gasteiger partial charge is 0.217 e. The van der Waals surface area contributed by atoms with Gasteiger partial charge in [-0.05, 0) is 20.8 Å². The molecular weight excluding hydrogens is 1110 g/mol. The van der Waals surface area contributed by atoms with Crippen LogP contribution in [-0.4, -0.2) is 345 Å². The first kappa shape index (κ1) is 66.2. The first-order valence-electron chi connectivity index (χ1n) is 26.2. The van der Waals surface area contributed by atoms with Crippen molar-refractivity contribution in [2.75, 3.05) is 26.4 Å². The summed E-state index contributed by atoms with van der Waals surface area (Å²) in [6.07, 6.45) is -61.9. The predicted octanol–water partition coefficient (Wildman–Crippen LogP) is -12.9. The van der Waals surface area contributed by atoms with E-state index in [1.165, 1.54) is 20.8 Å². The summed E-state index contributed by atoms with van der Waals surface area (Å²) in [6, 6.07) is -3.58. The van der Waals surface area contributed by atoms with Gasteiger partial charge >= 0.3 is 0 Å². The maximum atomic E-state index is 13.3. The SMILES string of the molecule is CC(=O)NC1C(O)OC(CO)C(OC2OC(CO)C(O)C(OC3OC(CO)C(OC4OC(CO)C(O)C(O)C4OC4OC(C)C(O)C(O)C4O)C(OC4OC(C)C(O)C(O)C4O)C3NC(C)=O)C2O)C1OC1OC(C)C(O)C(O)C1O. The topological polar surface area (TPSA) is 542 Å². The lowest BCUT2D eigenvalue weighted by molar-refractivity contribution is -0.401. The molecule has 0 radical (unpaired) electrons. The van der Waals surface area contributed by atoms with Crippen LogP contribution in [0.3, 0.4) is 0 Å². The number of carbonyl (C=O) groups is 2. The van der Waals surface area contributed by atoms with E-state index in [9.17, 15) is 102 Å². The van der Waals surface area contributed by atoms with Gasteiger partial charge in [-0.3, -0.25) is 9.59 Å². The number of carbonyl (C=O) groups excluding carboxylic acids is 2. The van der Waals surface area contributed by atoms with Gasteiger partial charge in [-0.25, -0.2) is 0 Å². The van der Waals surface area contributed by atoms with Crippen LogP contribution in [0.4, 0.5) is 0 Å². The number of aliphatic hydroxyl groups is 18. The molecule has 0 aliphatic carbocycles. The number of hydrogen-bond acceptors (Lipinski definition) is 33. The average molecular weight is 1190 g/mol. The largest absolute Gasteiger partial charge is 0.394 e. The third-order valence-corrected chi connectivity index (χ3v) is 15.2. The van der Waals surface area contributed by atoms with Gasteiger partial charge in [0.05, 0.1) is 44.7 Å². The van der Waals surface area contributed by atoms with Crippen molar-refractivity contribution in [2.45, 2.75) is 249 Å². The van der Waals surface area contributed by atoms with Crippen LogP contribution in [0.25, 0.3) is 0 Å². The first-order valence-corrected chi connectivity index (χ1v) is 26.2. The molecule has 7 aliphatic rings. The molecule has 0 saturated carbocycles. The highest BCUT2D eigenvalue weighted by Gasteiger charge is 2.60. The monoisotopic (exact) mass is 1190 g/mol. The van der Waals surface area contributed by atoms with Crippen molar-refractivity contribution in [1.82, 2.24) is 10.6 Å². The normalized spacial score (nSPS) is 51.8. The van der Waals surface area contributed by atoms with Crippen LogP contribution in [-0.2, 0) is 71.2 Å². The molecule has 7 fully saturated rings. The molecule has 0 aromatic rings. The highest BCUT2D eigenvalue weighted by molar-refractivity contribution is 5.73. The van der Waals surface area contributed by atoms with E-state index in [2.05, 4.69) is 10.6 Å². The summed E-state index contributed by atoms with van der Waals surface area (Å²) in [5.74, 6) is -1.72. The van der Waals surface area contributed by atoms with Crippen LogP contribution in [0.1, 0.15) is 34.6 Å². The number of amides is 2. The fourth-order valence-electron chi connectivity index (χ4n) is 10.6. The van der Waals surface area contributed by atoms with Crippen molar-refractivity contribution in [2.24, 2.45) is 0 Å². The molecule has 7 saturated heterocycles. The quantitative estimate of drug-likeness (QED) is 0.0606. The molecule has 0 spiro atoms. The highest BCUT2D eigenvalue weighted by atomic mass is 16.8. The Hall–Kier alpha value is -2.30. The molecule has 35 nitrogen and oxygen atoms in total. The van der Waals surface area contributed by atoms with E-state index in [4.69, 9.17) is 61.6 Å². The van der Waals surface area contributed by atoms with Crippen molar-refractivity contribution in [3.05, 3.63) is 0 Å². The first-order chi connectivity index (χ1) is 38.2. The van der Waals surface area contributed by atoms with Crippen molar-refractivity contribution >= 4 is 11.8 Å². The Morgan fingerprint density at radius 1 is 0.321 bits per heavy atom. The second kappa shape index (κ2) is 28.0. The predicted molar refractivity (Wildman–Crippen MR) is 251 cm³/mol. The summed E-state index contributed by atoms with van der Waals surface area (Å²) in [5, 5.41) is 201. The Morgan fingerprint density at radius 3 is 1.10 bits per heavy atom. The van der Waals surface area contributed by atoms with Gasteiger partial charge in [0.2, 0.25) is 11.8 Å². The zero-order valence-electron chi connectivity index (χ0n) is 44.2. The highest BCUT2D eigenvalue weighted by Crippen LogP contribution is 2.39. The summed E-state index contributed by atoms with van der Waals surface area (Å²) in [6.45, 7) is 1.71. The van der Waals surface area contributed by atoms with E-state index >= 15 is 0 Å². The van der Waals surface area contributed by atoms with Gasteiger partial charge in [0.15, 0.2) is 44.0 Å². The molecular formula is C46H78N2O33. The summed E-state index contributed by atoms with van der Waals surface area (Å²) in [4.78, 5) is 25.8.